The van der Waals surface area contributed by atoms with Gasteiger partial charge in [0.05, 0.1) is 18.9 Å². The molecular formula is C18H25N3O2. The van der Waals surface area contributed by atoms with Crippen molar-refractivity contribution in [3.63, 3.8) is 0 Å². The zero-order valence-electron chi connectivity index (χ0n) is 13.7. The fourth-order valence-corrected chi connectivity index (χ4v) is 3.03. The van der Waals surface area contributed by atoms with Crippen molar-refractivity contribution in [2.75, 3.05) is 6.61 Å². The molecule has 0 bridgehead atoms. The van der Waals surface area contributed by atoms with Crippen molar-refractivity contribution in [2.24, 2.45) is 0 Å². The maximum Gasteiger partial charge on any atom is 0.122 e. The van der Waals surface area contributed by atoms with Crippen LogP contribution in [0.4, 0.5) is 0 Å². The maximum atomic E-state index is 9.43. The minimum absolute atomic E-state index is 0.0117. The molecule has 0 aliphatic heterocycles. The largest absolute Gasteiger partial charge is 0.493 e. The molecule has 0 spiro atoms. The Bertz CT molecular complexity index is 635. The number of ether oxygens (including phenoxy) is 1. The van der Waals surface area contributed by atoms with E-state index in [0.29, 0.717) is 12.5 Å². The Morgan fingerprint density at radius 2 is 2.09 bits per heavy atom. The summed E-state index contributed by atoms with van der Waals surface area (Å²) in [5.74, 6) is 1.50. The highest BCUT2D eigenvalue weighted by atomic mass is 16.5. The SMILES string of the molecule is Cc1ccccc1OCCCCn1nnc(CO)c1C1CCC1. The molecule has 1 heterocycles. The van der Waals surface area contributed by atoms with Gasteiger partial charge in [0.15, 0.2) is 0 Å². The van der Waals surface area contributed by atoms with E-state index in [1.54, 1.807) is 0 Å². The van der Waals surface area contributed by atoms with Gasteiger partial charge >= 0.3 is 0 Å². The second kappa shape index (κ2) is 7.59. The van der Waals surface area contributed by atoms with Crippen LogP contribution in [0.3, 0.4) is 0 Å². The van der Waals surface area contributed by atoms with E-state index in [1.807, 2.05) is 22.9 Å². The number of rotatable bonds is 8. The first-order chi connectivity index (χ1) is 11.3. The first-order valence-electron chi connectivity index (χ1n) is 8.51. The second-order valence-corrected chi connectivity index (χ2v) is 6.25. The molecule has 1 aliphatic carbocycles. The maximum absolute atomic E-state index is 9.43. The van der Waals surface area contributed by atoms with Gasteiger partial charge in [0, 0.05) is 12.5 Å². The molecule has 23 heavy (non-hydrogen) atoms. The van der Waals surface area contributed by atoms with Gasteiger partial charge in [-0.15, -0.1) is 5.10 Å². The van der Waals surface area contributed by atoms with Crippen molar-refractivity contribution in [1.82, 2.24) is 15.0 Å². The lowest BCUT2D eigenvalue weighted by molar-refractivity contribution is 0.271. The molecule has 1 N–H and O–H groups in total. The summed E-state index contributed by atoms with van der Waals surface area (Å²) in [6, 6.07) is 8.09. The Hall–Kier alpha value is -1.88. The van der Waals surface area contributed by atoms with E-state index in [0.717, 1.165) is 36.5 Å². The highest BCUT2D eigenvalue weighted by Crippen LogP contribution is 2.37. The summed E-state index contributed by atoms with van der Waals surface area (Å²) in [7, 11) is 0. The van der Waals surface area contributed by atoms with Crippen molar-refractivity contribution in [1.29, 1.82) is 0 Å². The van der Waals surface area contributed by atoms with Gasteiger partial charge in [-0.3, -0.25) is 0 Å². The zero-order valence-corrected chi connectivity index (χ0v) is 13.7. The van der Waals surface area contributed by atoms with E-state index in [2.05, 4.69) is 23.3 Å². The van der Waals surface area contributed by atoms with Crippen LogP contribution in [0.15, 0.2) is 24.3 Å². The number of para-hydroxylation sites is 1. The van der Waals surface area contributed by atoms with Crippen molar-refractivity contribution < 1.29 is 9.84 Å². The summed E-state index contributed by atoms with van der Waals surface area (Å²) in [4.78, 5) is 0. The third-order valence-electron chi connectivity index (χ3n) is 4.60. The number of hydrogen-bond donors (Lipinski definition) is 1. The van der Waals surface area contributed by atoms with Gasteiger partial charge in [-0.05, 0) is 44.2 Å². The molecule has 0 radical (unpaired) electrons. The van der Waals surface area contributed by atoms with Crippen LogP contribution in [0.1, 0.15) is 55.0 Å². The molecule has 124 valence electrons. The molecule has 5 nitrogen and oxygen atoms in total. The predicted molar refractivity (Wildman–Crippen MR) is 88.4 cm³/mol. The van der Waals surface area contributed by atoms with E-state index in [9.17, 15) is 5.11 Å². The van der Waals surface area contributed by atoms with Crippen molar-refractivity contribution in [2.45, 2.75) is 58.1 Å². The molecule has 0 amide bonds. The van der Waals surface area contributed by atoms with Crippen molar-refractivity contribution >= 4 is 0 Å². The molecule has 0 unspecified atom stereocenters. The third kappa shape index (κ3) is 3.72. The van der Waals surface area contributed by atoms with E-state index >= 15 is 0 Å². The molecule has 1 aromatic heterocycles. The lowest BCUT2D eigenvalue weighted by atomic mass is 9.82. The normalized spacial score (nSPS) is 14.7. The molecule has 5 heteroatoms. The number of aryl methyl sites for hydroxylation is 2. The van der Waals surface area contributed by atoms with Gasteiger partial charge in [0.2, 0.25) is 0 Å². The minimum atomic E-state index is -0.0117. The van der Waals surface area contributed by atoms with Crippen LogP contribution in [0.5, 0.6) is 5.75 Å². The molecule has 1 saturated carbocycles. The molecule has 0 atom stereocenters. The van der Waals surface area contributed by atoms with Gasteiger partial charge in [0.25, 0.3) is 0 Å². The van der Waals surface area contributed by atoms with Crippen LogP contribution in [-0.4, -0.2) is 26.7 Å². The number of benzene rings is 1. The van der Waals surface area contributed by atoms with Gasteiger partial charge in [-0.1, -0.05) is 29.8 Å². The summed E-state index contributed by atoms with van der Waals surface area (Å²) >= 11 is 0. The van der Waals surface area contributed by atoms with Gasteiger partial charge < -0.3 is 9.84 Å². The molecule has 1 fully saturated rings. The number of aliphatic hydroxyl groups is 1. The number of aromatic nitrogens is 3. The number of nitrogens with zero attached hydrogens (tertiary/aromatic N) is 3. The van der Waals surface area contributed by atoms with E-state index < -0.39 is 0 Å². The average molecular weight is 315 g/mol. The summed E-state index contributed by atoms with van der Waals surface area (Å²) in [5.41, 5.74) is 3.08. The van der Waals surface area contributed by atoms with Crippen molar-refractivity contribution in [3.8, 4) is 5.75 Å². The summed E-state index contributed by atoms with van der Waals surface area (Å²) in [5, 5.41) is 17.8. The predicted octanol–water partition coefficient (Wildman–Crippen LogP) is 3.21. The lowest BCUT2D eigenvalue weighted by Gasteiger charge is -2.26. The van der Waals surface area contributed by atoms with Crippen LogP contribution in [0.2, 0.25) is 0 Å². The zero-order chi connectivity index (χ0) is 16.1. The highest BCUT2D eigenvalue weighted by Gasteiger charge is 2.27. The number of hydrogen-bond acceptors (Lipinski definition) is 4. The highest BCUT2D eigenvalue weighted by molar-refractivity contribution is 5.31. The first-order valence-corrected chi connectivity index (χ1v) is 8.51. The quantitative estimate of drug-likeness (QED) is 0.760. The summed E-state index contributed by atoms with van der Waals surface area (Å²) in [6.07, 6.45) is 5.63. The molecule has 0 saturated heterocycles. The second-order valence-electron chi connectivity index (χ2n) is 6.25. The fraction of sp³-hybridized carbons (Fsp3) is 0.556. The van der Waals surface area contributed by atoms with E-state index in [1.165, 1.54) is 24.8 Å². The average Bonchev–Trinajstić information content (AvgIpc) is 2.90. The molecule has 1 aromatic carbocycles. The Kier molecular flexibility index (Phi) is 5.28. The van der Waals surface area contributed by atoms with Crippen LogP contribution >= 0.6 is 0 Å². The third-order valence-corrected chi connectivity index (χ3v) is 4.60. The smallest absolute Gasteiger partial charge is 0.122 e. The monoisotopic (exact) mass is 315 g/mol. The van der Waals surface area contributed by atoms with Gasteiger partial charge in [0.1, 0.15) is 11.4 Å². The standard InChI is InChI=1S/C18H25N3O2/c1-14-7-2-3-10-17(14)23-12-5-4-11-21-18(15-8-6-9-15)16(13-22)19-20-21/h2-3,7,10,15,22H,4-6,8-9,11-13H2,1H3. The number of unbranched alkanes of at least 4 members (excludes halogenated alkanes) is 1. The number of aliphatic hydroxyl groups excluding tert-OH is 1. The van der Waals surface area contributed by atoms with E-state index in [-0.39, 0.29) is 6.61 Å². The van der Waals surface area contributed by atoms with E-state index in [4.69, 9.17) is 4.74 Å². The molecule has 2 aromatic rings. The Morgan fingerprint density at radius 3 is 2.78 bits per heavy atom. The van der Waals surface area contributed by atoms with Gasteiger partial charge in [-0.25, -0.2) is 4.68 Å². The molecule has 1 aliphatic rings. The minimum Gasteiger partial charge on any atom is -0.493 e. The Morgan fingerprint density at radius 1 is 1.26 bits per heavy atom. The fourth-order valence-electron chi connectivity index (χ4n) is 3.03. The summed E-state index contributed by atoms with van der Waals surface area (Å²) in [6.45, 7) is 3.61. The topological polar surface area (TPSA) is 60.2 Å². The van der Waals surface area contributed by atoms with Crippen LogP contribution in [-0.2, 0) is 13.2 Å². The Labute approximate surface area is 137 Å². The first kappa shape index (κ1) is 16.0. The molecular weight excluding hydrogens is 290 g/mol. The molecule has 3 rings (SSSR count). The van der Waals surface area contributed by atoms with Crippen molar-refractivity contribution in [3.05, 3.63) is 41.2 Å². The van der Waals surface area contributed by atoms with Crippen LogP contribution in [0, 0.1) is 6.92 Å². The lowest BCUT2D eigenvalue weighted by Crippen LogP contribution is -2.17. The Balaban J connectivity index is 1.47. The van der Waals surface area contributed by atoms with Gasteiger partial charge in [-0.2, -0.15) is 0 Å². The van der Waals surface area contributed by atoms with Crippen LogP contribution in [0.25, 0.3) is 0 Å². The summed E-state index contributed by atoms with van der Waals surface area (Å²) < 4.78 is 7.82. The van der Waals surface area contributed by atoms with Crippen LogP contribution < -0.4 is 4.74 Å².